The minimum Gasteiger partial charge on any atom is -0.299 e. The Bertz CT molecular complexity index is 1580. The number of anilines is 1. The van der Waals surface area contributed by atoms with E-state index in [4.69, 9.17) is 0 Å². The lowest BCUT2D eigenvalue weighted by Gasteiger charge is -2.33. The van der Waals surface area contributed by atoms with Crippen molar-refractivity contribution in [2.24, 2.45) is 0 Å². The van der Waals surface area contributed by atoms with Crippen molar-refractivity contribution < 1.29 is 14.4 Å². The van der Waals surface area contributed by atoms with Crippen molar-refractivity contribution in [3.8, 4) is 0 Å². The third-order valence-corrected chi connectivity index (χ3v) is 8.28. The molecule has 0 spiro atoms. The lowest BCUT2D eigenvalue weighted by molar-refractivity contribution is -0.134. The lowest BCUT2D eigenvalue weighted by atomic mass is 9.85. The highest BCUT2D eigenvalue weighted by Gasteiger charge is 2.41. The average molecular weight is 494 g/mol. The number of H-pyrrole nitrogens is 1. The SMILES string of the molecule is O=C1CCC(N2C(=O)c3ccc(C4CCN(Cc5cccc6[nH]ncc56)CC4)c4cccc2c34)C(=O)N1. The first-order valence-corrected chi connectivity index (χ1v) is 12.9. The second kappa shape index (κ2) is 8.52. The van der Waals surface area contributed by atoms with Gasteiger partial charge in [0, 0.05) is 29.3 Å². The summed E-state index contributed by atoms with van der Waals surface area (Å²) in [6.45, 7) is 2.91. The molecule has 0 saturated carbocycles. The second-order valence-electron chi connectivity index (χ2n) is 10.3. The summed E-state index contributed by atoms with van der Waals surface area (Å²) in [6, 6.07) is 15.7. The Morgan fingerprint density at radius 3 is 2.59 bits per heavy atom. The van der Waals surface area contributed by atoms with Crippen LogP contribution in [0, 0.1) is 0 Å². The number of fused-ring (bicyclic) bond motifs is 1. The van der Waals surface area contributed by atoms with Gasteiger partial charge < -0.3 is 0 Å². The smallest absolute Gasteiger partial charge is 0.259 e. The summed E-state index contributed by atoms with van der Waals surface area (Å²) >= 11 is 0. The Labute approximate surface area is 213 Å². The van der Waals surface area contributed by atoms with Crippen LogP contribution in [-0.2, 0) is 16.1 Å². The van der Waals surface area contributed by atoms with E-state index in [1.165, 1.54) is 16.5 Å². The van der Waals surface area contributed by atoms with E-state index in [0.717, 1.165) is 54.5 Å². The Morgan fingerprint density at radius 1 is 0.919 bits per heavy atom. The first-order valence-electron chi connectivity index (χ1n) is 12.9. The quantitative estimate of drug-likeness (QED) is 0.421. The Hall–Kier alpha value is -4.04. The summed E-state index contributed by atoms with van der Waals surface area (Å²) in [4.78, 5) is 41.8. The van der Waals surface area contributed by atoms with Gasteiger partial charge in [-0.3, -0.25) is 34.6 Å². The summed E-state index contributed by atoms with van der Waals surface area (Å²) < 4.78 is 0. The molecule has 3 aromatic carbocycles. The van der Waals surface area contributed by atoms with Gasteiger partial charge in [-0.25, -0.2) is 0 Å². The minimum atomic E-state index is -0.658. The number of imide groups is 1. The lowest BCUT2D eigenvalue weighted by Crippen LogP contribution is -2.53. The summed E-state index contributed by atoms with van der Waals surface area (Å²) in [5, 5.41) is 12.9. The Kier molecular flexibility index (Phi) is 5.11. The maximum absolute atomic E-state index is 13.4. The standard InChI is InChI=1S/C29H27N5O3/c35-26-10-9-25(28(36)31-26)34-24-6-2-4-20-19(7-8-21(27(20)24)29(34)37)17-11-13-33(14-12-17)16-18-3-1-5-23-22(18)15-30-32-23/h1-8,15,17,25H,9-14,16H2,(H,30,32)(H,31,35,36). The molecule has 2 N–H and O–H groups in total. The number of aromatic amines is 1. The molecule has 37 heavy (non-hydrogen) atoms. The number of nitrogens with one attached hydrogen (secondary N) is 2. The van der Waals surface area contributed by atoms with E-state index in [1.807, 2.05) is 24.4 Å². The maximum atomic E-state index is 13.4. The van der Waals surface area contributed by atoms with Crippen molar-refractivity contribution in [2.45, 2.75) is 44.2 Å². The van der Waals surface area contributed by atoms with E-state index in [9.17, 15) is 14.4 Å². The van der Waals surface area contributed by atoms with Crippen LogP contribution in [-0.4, -0.2) is 52.0 Å². The molecule has 1 unspecified atom stereocenters. The van der Waals surface area contributed by atoms with Crippen LogP contribution >= 0.6 is 0 Å². The molecule has 0 bridgehead atoms. The average Bonchev–Trinajstić information content (AvgIpc) is 3.50. The number of benzene rings is 3. The van der Waals surface area contributed by atoms with Crippen LogP contribution in [0.3, 0.4) is 0 Å². The van der Waals surface area contributed by atoms with E-state index in [-0.39, 0.29) is 18.2 Å². The molecule has 4 aromatic rings. The molecule has 8 heteroatoms. The predicted molar refractivity (Wildman–Crippen MR) is 140 cm³/mol. The number of carbonyl (C=O) groups excluding carboxylic acids is 3. The monoisotopic (exact) mass is 493 g/mol. The van der Waals surface area contributed by atoms with Gasteiger partial charge in [0.05, 0.1) is 17.4 Å². The zero-order chi connectivity index (χ0) is 25.1. The second-order valence-corrected chi connectivity index (χ2v) is 10.3. The molecule has 0 aliphatic carbocycles. The Morgan fingerprint density at radius 2 is 1.76 bits per heavy atom. The number of aromatic nitrogens is 2. The van der Waals surface area contributed by atoms with Crippen LogP contribution in [0.5, 0.6) is 0 Å². The molecule has 2 fully saturated rings. The molecule has 8 nitrogen and oxygen atoms in total. The molecule has 2 saturated heterocycles. The molecule has 3 amide bonds. The molecule has 1 atom stereocenters. The predicted octanol–water partition coefficient (Wildman–Crippen LogP) is 3.86. The van der Waals surface area contributed by atoms with E-state index in [0.29, 0.717) is 17.9 Å². The van der Waals surface area contributed by atoms with Gasteiger partial charge >= 0.3 is 0 Å². The topological polar surface area (TPSA) is 98.4 Å². The zero-order valence-corrected chi connectivity index (χ0v) is 20.4. The van der Waals surface area contributed by atoms with Gasteiger partial charge in [0.25, 0.3) is 5.91 Å². The fourth-order valence-electron chi connectivity index (χ4n) is 6.43. The van der Waals surface area contributed by atoms with E-state index in [1.54, 1.807) is 4.90 Å². The third-order valence-electron chi connectivity index (χ3n) is 8.28. The molecule has 1 aromatic heterocycles. The molecule has 4 heterocycles. The molecule has 3 aliphatic heterocycles. The van der Waals surface area contributed by atoms with Crippen molar-refractivity contribution in [1.82, 2.24) is 20.4 Å². The van der Waals surface area contributed by atoms with Crippen LogP contribution in [0.2, 0.25) is 0 Å². The van der Waals surface area contributed by atoms with E-state index >= 15 is 0 Å². The molecule has 0 radical (unpaired) electrons. The van der Waals surface area contributed by atoms with Gasteiger partial charge in [0.15, 0.2) is 0 Å². The van der Waals surface area contributed by atoms with Crippen LogP contribution in [0.1, 0.15) is 53.1 Å². The molecule has 7 rings (SSSR count). The molecular formula is C29H27N5O3. The summed E-state index contributed by atoms with van der Waals surface area (Å²) in [5.74, 6) is -0.424. The van der Waals surface area contributed by atoms with Crippen molar-refractivity contribution in [2.75, 3.05) is 18.0 Å². The number of hydrogen-bond acceptors (Lipinski definition) is 5. The fourth-order valence-corrected chi connectivity index (χ4v) is 6.43. The first kappa shape index (κ1) is 22.2. The van der Waals surface area contributed by atoms with Crippen molar-refractivity contribution in [3.05, 3.63) is 71.4 Å². The first-order chi connectivity index (χ1) is 18.1. The summed E-state index contributed by atoms with van der Waals surface area (Å²) in [6.07, 6.45) is 4.59. The van der Waals surface area contributed by atoms with Crippen LogP contribution in [0.4, 0.5) is 5.69 Å². The van der Waals surface area contributed by atoms with E-state index in [2.05, 4.69) is 50.7 Å². The number of likely N-dealkylation sites (tertiary alicyclic amines) is 1. The highest BCUT2D eigenvalue weighted by atomic mass is 16.2. The van der Waals surface area contributed by atoms with Gasteiger partial charge in [0.2, 0.25) is 11.8 Å². The number of carbonyl (C=O) groups is 3. The summed E-state index contributed by atoms with van der Waals surface area (Å²) in [5.41, 5.74) is 5.06. The normalized spacial score (nSPS) is 20.8. The largest absolute Gasteiger partial charge is 0.299 e. The minimum absolute atomic E-state index is 0.157. The van der Waals surface area contributed by atoms with Gasteiger partial charge in [0.1, 0.15) is 6.04 Å². The number of amides is 3. The van der Waals surface area contributed by atoms with Crippen molar-refractivity contribution >= 4 is 45.1 Å². The van der Waals surface area contributed by atoms with Gasteiger partial charge in [-0.05, 0) is 73.0 Å². The zero-order valence-electron chi connectivity index (χ0n) is 20.4. The summed E-state index contributed by atoms with van der Waals surface area (Å²) in [7, 11) is 0. The molecular weight excluding hydrogens is 466 g/mol. The highest BCUT2D eigenvalue weighted by Crippen LogP contribution is 2.43. The van der Waals surface area contributed by atoms with Crippen LogP contribution in [0.25, 0.3) is 21.7 Å². The highest BCUT2D eigenvalue weighted by molar-refractivity contribution is 6.27. The number of piperidine rings is 2. The van der Waals surface area contributed by atoms with Crippen LogP contribution < -0.4 is 10.2 Å². The van der Waals surface area contributed by atoms with E-state index < -0.39 is 11.9 Å². The molecule has 186 valence electrons. The third kappa shape index (κ3) is 3.54. The van der Waals surface area contributed by atoms with Gasteiger partial charge in [-0.1, -0.05) is 30.3 Å². The van der Waals surface area contributed by atoms with Gasteiger partial charge in [-0.15, -0.1) is 0 Å². The van der Waals surface area contributed by atoms with Crippen molar-refractivity contribution in [3.63, 3.8) is 0 Å². The Balaban J connectivity index is 1.14. The number of hydrogen-bond donors (Lipinski definition) is 2. The molecule has 3 aliphatic rings. The number of rotatable bonds is 4. The maximum Gasteiger partial charge on any atom is 0.259 e. The number of nitrogens with zero attached hydrogens (tertiary/aromatic N) is 3. The fraction of sp³-hybridized carbons (Fsp3) is 0.310. The van der Waals surface area contributed by atoms with Gasteiger partial charge in [-0.2, -0.15) is 5.10 Å². The van der Waals surface area contributed by atoms with Crippen molar-refractivity contribution in [1.29, 1.82) is 0 Å². The van der Waals surface area contributed by atoms with Crippen LogP contribution in [0.15, 0.2) is 54.7 Å².